The topological polar surface area (TPSA) is 149 Å². The lowest BCUT2D eigenvalue weighted by Gasteiger charge is -2.19. The van der Waals surface area contributed by atoms with E-state index in [-0.39, 0.29) is 44.1 Å². The molecule has 0 spiro atoms. The number of ketones is 1. The maximum atomic E-state index is 12.5. The Morgan fingerprint density at radius 1 is 0.927 bits per heavy atom. The van der Waals surface area contributed by atoms with Crippen LogP contribution in [0.15, 0.2) is 40.9 Å². The SMILES string of the molecule is CC(C)C.CC[C@H](NC(=O)CNC(=O)[C@H](CCOC)NC(=O)c1cc(C)on1)C(=O)CCOC.Cc1ccccc1. The molecule has 0 radical (unpaired) electrons. The van der Waals surface area contributed by atoms with E-state index in [4.69, 9.17) is 14.0 Å². The van der Waals surface area contributed by atoms with Crippen molar-refractivity contribution in [1.82, 2.24) is 21.1 Å². The Bertz CT molecular complexity index is 1020. The predicted molar refractivity (Wildman–Crippen MR) is 157 cm³/mol. The number of hydrogen-bond donors (Lipinski definition) is 3. The number of hydrogen-bond acceptors (Lipinski definition) is 8. The number of benzene rings is 1. The fourth-order valence-corrected chi connectivity index (χ4v) is 3.07. The molecule has 230 valence electrons. The first-order chi connectivity index (χ1) is 19.4. The molecular weight excluding hydrogens is 528 g/mol. The van der Waals surface area contributed by atoms with Gasteiger partial charge in [0.2, 0.25) is 11.8 Å². The van der Waals surface area contributed by atoms with E-state index in [1.807, 2.05) is 18.2 Å². The van der Waals surface area contributed by atoms with Crippen LogP contribution in [0, 0.1) is 19.8 Å². The summed E-state index contributed by atoms with van der Waals surface area (Å²) in [5.74, 6) is -0.505. The molecule has 0 aliphatic carbocycles. The van der Waals surface area contributed by atoms with Crippen LogP contribution in [0.2, 0.25) is 0 Å². The summed E-state index contributed by atoms with van der Waals surface area (Å²) < 4.78 is 14.7. The van der Waals surface area contributed by atoms with Crippen LogP contribution in [0.1, 0.15) is 68.8 Å². The number of carbonyl (C=O) groups excluding carboxylic acids is 4. The van der Waals surface area contributed by atoms with Crippen molar-refractivity contribution in [2.75, 3.05) is 34.0 Å². The summed E-state index contributed by atoms with van der Waals surface area (Å²) in [6.07, 6.45) is 0.805. The molecule has 3 amide bonds. The summed E-state index contributed by atoms with van der Waals surface area (Å²) in [6.45, 7) is 12.1. The third kappa shape index (κ3) is 18.4. The summed E-state index contributed by atoms with van der Waals surface area (Å²) in [5.41, 5.74) is 1.36. The highest BCUT2D eigenvalue weighted by Crippen LogP contribution is 2.03. The molecule has 2 atom stereocenters. The van der Waals surface area contributed by atoms with Gasteiger partial charge < -0.3 is 29.9 Å². The molecule has 0 fully saturated rings. The fraction of sp³-hybridized carbons (Fsp3) is 0.567. The number of carbonyl (C=O) groups is 4. The molecule has 1 heterocycles. The molecule has 2 aromatic rings. The van der Waals surface area contributed by atoms with E-state index in [2.05, 4.69) is 60.9 Å². The summed E-state index contributed by atoms with van der Waals surface area (Å²) in [7, 11) is 2.96. The number of nitrogens with zero attached hydrogens (tertiary/aromatic N) is 1. The van der Waals surface area contributed by atoms with E-state index in [0.29, 0.717) is 12.2 Å². The highest BCUT2D eigenvalue weighted by atomic mass is 16.5. The third-order valence-corrected chi connectivity index (χ3v) is 5.14. The lowest BCUT2D eigenvalue weighted by Crippen LogP contribution is -2.51. The molecule has 11 heteroatoms. The van der Waals surface area contributed by atoms with Crippen LogP contribution >= 0.6 is 0 Å². The van der Waals surface area contributed by atoms with Gasteiger partial charge in [-0.3, -0.25) is 19.2 Å². The van der Waals surface area contributed by atoms with E-state index < -0.39 is 29.8 Å². The molecule has 0 saturated heterocycles. The number of ether oxygens (including phenoxy) is 2. The van der Waals surface area contributed by atoms with E-state index in [9.17, 15) is 19.2 Å². The Kier molecular flexibility index (Phi) is 20.2. The van der Waals surface area contributed by atoms with Crippen LogP contribution < -0.4 is 16.0 Å². The molecule has 41 heavy (non-hydrogen) atoms. The van der Waals surface area contributed by atoms with Gasteiger partial charge >= 0.3 is 0 Å². The molecule has 0 aliphatic heterocycles. The quantitative estimate of drug-likeness (QED) is 0.310. The van der Waals surface area contributed by atoms with Gasteiger partial charge in [-0.15, -0.1) is 0 Å². The van der Waals surface area contributed by atoms with Gasteiger partial charge in [-0.1, -0.05) is 68.7 Å². The molecule has 0 aliphatic rings. The smallest absolute Gasteiger partial charge is 0.274 e. The van der Waals surface area contributed by atoms with Crippen molar-refractivity contribution in [3.05, 3.63) is 53.4 Å². The van der Waals surface area contributed by atoms with Gasteiger partial charge in [-0.05, 0) is 32.6 Å². The molecular formula is C30H48N4O7. The van der Waals surface area contributed by atoms with E-state index >= 15 is 0 Å². The standard InChI is InChI=1S/C19H30N4O7.C7H8.C4H10/c1-5-13(16(24)7-9-29-4)21-17(25)11-20-18(26)14(6-8-28-3)22-19(27)15-10-12(2)30-23-15;1-7-5-3-2-4-6-7;1-4(2)3/h10,13-14H,5-9,11H2,1-4H3,(H,20,26)(H,21,25)(H,22,27);2-6H,1H3;4H,1-3H3/t13-,14-;;/m0../s1. The number of rotatable bonds is 14. The molecule has 1 aromatic heterocycles. The molecule has 2 rings (SSSR count). The minimum absolute atomic E-state index is 0.0424. The number of methoxy groups -OCH3 is 2. The summed E-state index contributed by atoms with van der Waals surface area (Å²) in [4.78, 5) is 48.9. The van der Waals surface area contributed by atoms with Crippen LogP contribution in [0.5, 0.6) is 0 Å². The van der Waals surface area contributed by atoms with Gasteiger partial charge in [-0.25, -0.2) is 0 Å². The van der Waals surface area contributed by atoms with E-state index in [1.165, 1.54) is 25.8 Å². The normalized spacial score (nSPS) is 11.6. The van der Waals surface area contributed by atoms with Gasteiger partial charge in [0, 0.05) is 33.3 Å². The summed E-state index contributed by atoms with van der Waals surface area (Å²) >= 11 is 0. The Hall–Kier alpha value is -3.57. The van der Waals surface area contributed by atoms with Crippen LogP contribution in [0.25, 0.3) is 0 Å². The Labute approximate surface area is 244 Å². The van der Waals surface area contributed by atoms with Crippen molar-refractivity contribution in [2.24, 2.45) is 5.92 Å². The molecule has 1 aromatic carbocycles. The number of aryl methyl sites for hydroxylation is 2. The van der Waals surface area contributed by atoms with Crippen molar-refractivity contribution < 1.29 is 33.2 Å². The van der Waals surface area contributed by atoms with Gasteiger partial charge in [0.25, 0.3) is 5.91 Å². The number of amides is 3. The number of Topliss-reactive ketones (excluding diaryl/α,β-unsaturated/α-hetero) is 1. The first-order valence-electron chi connectivity index (χ1n) is 13.8. The zero-order valence-corrected chi connectivity index (χ0v) is 25.7. The van der Waals surface area contributed by atoms with Gasteiger partial charge in [0.1, 0.15) is 11.8 Å². The Morgan fingerprint density at radius 2 is 1.54 bits per heavy atom. The van der Waals surface area contributed by atoms with Crippen molar-refractivity contribution in [3.63, 3.8) is 0 Å². The molecule has 11 nitrogen and oxygen atoms in total. The van der Waals surface area contributed by atoms with Crippen molar-refractivity contribution >= 4 is 23.5 Å². The summed E-state index contributed by atoms with van der Waals surface area (Å²) in [6, 6.07) is 10.1. The Morgan fingerprint density at radius 3 is 2.00 bits per heavy atom. The lowest BCUT2D eigenvalue weighted by molar-refractivity contribution is -0.129. The second kappa shape index (κ2) is 22.2. The second-order valence-corrected chi connectivity index (χ2v) is 9.97. The van der Waals surface area contributed by atoms with E-state index in [0.717, 1.165) is 5.92 Å². The average molecular weight is 577 g/mol. The molecule has 0 unspecified atom stereocenters. The van der Waals surface area contributed by atoms with Gasteiger partial charge in [0.15, 0.2) is 11.5 Å². The summed E-state index contributed by atoms with van der Waals surface area (Å²) in [5, 5.41) is 11.2. The second-order valence-electron chi connectivity index (χ2n) is 9.97. The largest absolute Gasteiger partial charge is 0.385 e. The number of aromatic nitrogens is 1. The fourth-order valence-electron chi connectivity index (χ4n) is 3.07. The van der Waals surface area contributed by atoms with E-state index in [1.54, 1.807) is 13.8 Å². The number of nitrogens with one attached hydrogen (secondary N) is 3. The van der Waals surface area contributed by atoms with Crippen LogP contribution in [0.4, 0.5) is 0 Å². The van der Waals surface area contributed by atoms with Crippen molar-refractivity contribution in [2.45, 2.75) is 72.9 Å². The zero-order chi connectivity index (χ0) is 31.2. The highest BCUT2D eigenvalue weighted by molar-refractivity contribution is 5.97. The van der Waals surface area contributed by atoms with Crippen LogP contribution in [-0.4, -0.2) is 74.7 Å². The monoisotopic (exact) mass is 576 g/mol. The van der Waals surface area contributed by atoms with Gasteiger partial charge in [-0.2, -0.15) is 0 Å². The first kappa shape index (κ1) is 37.4. The van der Waals surface area contributed by atoms with Crippen LogP contribution in [0.3, 0.4) is 0 Å². The predicted octanol–water partition coefficient (Wildman–Crippen LogP) is 3.39. The van der Waals surface area contributed by atoms with Crippen molar-refractivity contribution in [1.29, 1.82) is 0 Å². The maximum absolute atomic E-state index is 12.5. The van der Waals surface area contributed by atoms with Gasteiger partial charge in [0.05, 0.1) is 19.2 Å². The minimum Gasteiger partial charge on any atom is -0.385 e. The Balaban J connectivity index is 0.00000121. The molecule has 3 N–H and O–H groups in total. The lowest BCUT2D eigenvalue weighted by atomic mass is 10.1. The maximum Gasteiger partial charge on any atom is 0.274 e. The van der Waals surface area contributed by atoms with Crippen LogP contribution in [-0.2, 0) is 23.9 Å². The molecule has 0 bridgehead atoms. The first-order valence-corrected chi connectivity index (χ1v) is 13.8. The van der Waals surface area contributed by atoms with Crippen molar-refractivity contribution in [3.8, 4) is 0 Å². The average Bonchev–Trinajstić information content (AvgIpc) is 3.38. The minimum atomic E-state index is -0.937. The zero-order valence-electron chi connectivity index (χ0n) is 25.7. The highest BCUT2D eigenvalue weighted by Gasteiger charge is 2.24. The molecule has 0 saturated carbocycles. The third-order valence-electron chi connectivity index (χ3n) is 5.14.